The van der Waals surface area contributed by atoms with Crippen LogP contribution in [0, 0.1) is 5.92 Å². The number of halogens is 3. The number of anilines is 1. The Bertz CT molecular complexity index is 817. The van der Waals surface area contributed by atoms with Crippen LogP contribution in [0.15, 0.2) is 35.8 Å². The number of ether oxygens (including phenoxy) is 1. The van der Waals surface area contributed by atoms with Gasteiger partial charge in [-0.3, -0.25) is 9.59 Å². The average molecular weight is 427 g/mol. The fourth-order valence-electron chi connectivity index (χ4n) is 2.99. The first-order valence-corrected chi connectivity index (χ1v) is 9.95. The van der Waals surface area contributed by atoms with Gasteiger partial charge in [0, 0.05) is 24.2 Å². The second-order valence-electron chi connectivity index (χ2n) is 6.63. The predicted molar refractivity (Wildman–Crippen MR) is 101 cm³/mol. The molecule has 2 aromatic rings. The summed E-state index contributed by atoms with van der Waals surface area (Å²) in [6.45, 7) is 1.02. The number of rotatable bonds is 6. The van der Waals surface area contributed by atoms with E-state index in [4.69, 9.17) is 4.74 Å². The maximum atomic E-state index is 12.6. The van der Waals surface area contributed by atoms with E-state index in [1.165, 1.54) is 17.4 Å². The van der Waals surface area contributed by atoms with Crippen molar-refractivity contribution in [3.63, 3.8) is 0 Å². The molecule has 0 spiro atoms. The number of esters is 1. The summed E-state index contributed by atoms with van der Waals surface area (Å²) in [6.07, 6.45) is -2.64. The number of aromatic nitrogens is 1. The number of carbonyl (C=O) groups is 2. The number of nitrogens with zero attached hydrogens (tertiary/aromatic N) is 2. The number of thiophene rings is 1. The molecule has 0 bridgehead atoms. The lowest BCUT2D eigenvalue weighted by atomic mass is 9.97. The summed E-state index contributed by atoms with van der Waals surface area (Å²) < 4.78 is 43.0. The number of hydrogen-bond acceptors (Lipinski definition) is 6. The molecule has 0 aliphatic carbocycles. The summed E-state index contributed by atoms with van der Waals surface area (Å²) >= 11 is 1.52. The molecule has 29 heavy (non-hydrogen) atoms. The highest BCUT2D eigenvalue weighted by Crippen LogP contribution is 2.30. The average Bonchev–Trinajstić information content (AvgIpc) is 3.24. The Kier molecular flexibility index (Phi) is 6.73. The van der Waals surface area contributed by atoms with Crippen LogP contribution in [-0.4, -0.2) is 36.6 Å². The summed E-state index contributed by atoms with van der Waals surface area (Å²) in [5, 5.41) is 4.60. The zero-order valence-electron chi connectivity index (χ0n) is 15.4. The minimum atomic E-state index is -4.42. The van der Waals surface area contributed by atoms with Crippen LogP contribution in [-0.2, 0) is 27.0 Å². The van der Waals surface area contributed by atoms with E-state index < -0.39 is 17.7 Å². The Morgan fingerprint density at radius 1 is 1.24 bits per heavy atom. The van der Waals surface area contributed by atoms with E-state index in [2.05, 4.69) is 10.3 Å². The molecule has 1 aliphatic rings. The van der Waals surface area contributed by atoms with Gasteiger partial charge in [-0.15, -0.1) is 11.3 Å². The molecular weight excluding hydrogens is 407 g/mol. The van der Waals surface area contributed by atoms with Gasteiger partial charge in [0.15, 0.2) is 6.61 Å². The number of carbonyl (C=O) groups excluding carboxylic acids is 2. The molecule has 2 aromatic heterocycles. The Morgan fingerprint density at radius 2 is 2.00 bits per heavy atom. The molecule has 1 N–H and O–H groups in total. The van der Waals surface area contributed by atoms with Gasteiger partial charge in [-0.05, 0) is 36.4 Å². The molecule has 0 saturated carbocycles. The molecule has 0 radical (unpaired) electrons. The van der Waals surface area contributed by atoms with Crippen LogP contribution in [0.4, 0.5) is 19.0 Å². The number of hydrogen-bond donors (Lipinski definition) is 1. The van der Waals surface area contributed by atoms with Crippen LogP contribution in [0.3, 0.4) is 0 Å². The molecule has 1 saturated heterocycles. The molecule has 0 aromatic carbocycles. The maximum absolute atomic E-state index is 12.6. The van der Waals surface area contributed by atoms with E-state index in [0.29, 0.717) is 38.3 Å². The van der Waals surface area contributed by atoms with Crippen LogP contribution in [0.2, 0.25) is 0 Å². The topological polar surface area (TPSA) is 71.5 Å². The number of amides is 1. The number of nitrogens with one attached hydrogen (secondary N) is 1. The van der Waals surface area contributed by atoms with Gasteiger partial charge in [0.1, 0.15) is 5.82 Å². The highest BCUT2D eigenvalue weighted by molar-refractivity contribution is 7.09. The first kappa shape index (κ1) is 21.1. The molecule has 3 heterocycles. The van der Waals surface area contributed by atoms with E-state index in [-0.39, 0.29) is 18.4 Å². The van der Waals surface area contributed by atoms with Gasteiger partial charge in [0.05, 0.1) is 18.0 Å². The van der Waals surface area contributed by atoms with Crippen molar-refractivity contribution in [1.82, 2.24) is 10.3 Å². The van der Waals surface area contributed by atoms with Gasteiger partial charge >= 0.3 is 12.1 Å². The van der Waals surface area contributed by atoms with E-state index in [1.807, 2.05) is 22.4 Å². The third-order valence-corrected chi connectivity index (χ3v) is 5.49. The van der Waals surface area contributed by atoms with Crippen molar-refractivity contribution in [2.45, 2.75) is 25.6 Å². The van der Waals surface area contributed by atoms with E-state index in [9.17, 15) is 22.8 Å². The van der Waals surface area contributed by atoms with Crippen molar-refractivity contribution in [1.29, 1.82) is 0 Å². The normalized spacial score (nSPS) is 15.2. The number of pyridine rings is 1. The van der Waals surface area contributed by atoms with Crippen LogP contribution < -0.4 is 10.2 Å². The van der Waals surface area contributed by atoms with Crippen LogP contribution >= 0.6 is 11.3 Å². The highest BCUT2D eigenvalue weighted by Gasteiger charge is 2.31. The van der Waals surface area contributed by atoms with E-state index in [0.717, 1.165) is 17.1 Å². The van der Waals surface area contributed by atoms with Gasteiger partial charge < -0.3 is 15.0 Å². The first-order chi connectivity index (χ1) is 13.8. The van der Waals surface area contributed by atoms with Gasteiger partial charge in [0.25, 0.3) is 5.91 Å². The van der Waals surface area contributed by atoms with Crippen molar-refractivity contribution < 1.29 is 27.5 Å². The van der Waals surface area contributed by atoms with Crippen molar-refractivity contribution >= 4 is 29.0 Å². The summed E-state index contributed by atoms with van der Waals surface area (Å²) in [5.41, 5.74) is -0.794. The van der Waals surface area contributed by atoms with Crippen molar-refractivity contribution in [3.05, 3.63) is 46.3 Å². The van der Waals surface area contributed by atoms with E-state index >= 15 is 0 Å². The summed E-state index contributed by atoms with van der Waals surface area (Å²) in [6, 6.07) is 6.12. The summed E-state index contributed by atoms with van der Waals surface area (Å²) in [7, 11) is 0. The first-order valence-electron chi connectivity index (χ1n) is 9.07. The Hall–Kier alpha value is -2.62. The minimum Gasteiger partial charge on any atom is -0.455 e. The molecule has 3 rings (SSSR count). The molecule has 0 atom stereocenters. The number of piperidine rings is 1. The Morgan fingerprint density at radius 3 is 2.59 bits per heavy atom. The van der Waals surface area contributed by atoms with Crippen LogP contribution in [0.5, 0.6) is 0 Å². The van der Waals surface area contributed by atoms with Crippen molar-refractivity contribution in [3.8, 4) is 0 Å². The molecular formula is C19H20F3N3O3S. The van der Waals surface area contributed by atoms with Crippen LogP contribution in [0.25, 0.3) is 0 Å². The molecule has 1 aliphatic heterocycles. The SMILES string of the molecule is O=C(COC(=O)C1CCN(c2ccc(C(F)(F)F)cn2)CC1)NCc1cccs1. The van der Waals surface area contributed by atoms with Gasteiger partial charge in [-0.2, -0.15) is 13.2 Å². The quantitative estimate of drug-likeness (QED) is 0.717. The lowest BCUT2D eigenvalue weighted by Gasteiger charge is -2.31. The minimum absolute atomic E-state index is 0.328. The molecule has 1 amide bonds. The molecule has 156 valence electrons. The monoisotopic (exact) mass is 427 g/mol. The second-order valence-corrected chi connectivity index (χ2v) is 7.66. The standard InChI is InChI=1S/C19H20F3N3O3S/c20-19(21,22)14-3-4-16(23-10-14)25-7-5-13(6-8-25)18(27)28-12-17(26)24-11-15-2-1-9-29-15/h1-4,9-10,13H,5-8,11-12H2,(H,24,26). The zero-order valence-corrected chi connectivity index (χ0v) is 16.3. The predicted octanol–water partition coefficient (Wildman–Crippen LogP) is 3.24. The number of alkyl halides is 3. The highest BCUT2D eigenvalue weighted by atomic mass is 32.1. The van der Waals surface area contributed by atoms with Gasteiger partial charge in [-0.1, -0.05) is 6.07 Å². The van der Waals surface area contributed by atoms with Gasteiger partial charge in [-0.25, -0.2) is 4.98 Å². The van der Waals surface area contributed by atoms with Crippen molar-refractivity contribution in [2.24, 2.45) is 5.92 Å². The largest absolute Gasteiger partial charge is 0.455 e. The second kappa shape index (κ2) is 9.25. The van der Waals surface area contributed by atoms with E-state index in [1.54, 1.807) is 0 Å². The summed E-state index contributed by atoms with van der Waals surface area (Å²) in [4.78, 5) is 30.7. The lowest BCUT2D eigenvalue weighted by Crippen LogP contribution is -2.38. The zero-order chi connectivity index (χ0) is 20.9. The molecule has 10 heteroatoms. The Labute approximate surface area is 169 Å². The molecule has 1 fully saturated rings. The summed E-state index contributed by atoms with van der Waals surface area (Å²) in [5.74, 6) is -0.696. The molecule has 0 unspecified atom stereocenters. The smallest absolute Gasteiger partial charge is 0.417 e. The van der Waals surface area contributed by atoms with Crippen molar-refractivity contribution in [2.75, 3.05) is 24.6 Å². The van der Waals surface area contributed by atoms with Crippen LogP contribution in [0.1, 0.15) is 23.3 Å². The Balaban J connectivity index is 1.40. The molecule has 6 nitrogen and oxygen atoms in total. The third kappa shape index (κ3) is 5.93. The fourth-order valence-corrected chi connectivity index (χ4v) is 3.63. The third-order valence-electron chi connectivity index (χ3n) is 4.61. The maximum Gasteiger partial charge on any atom is 0.417 e. The van der Waals surface area contributed by atoms with Gasteiger partial charge in [0.2, 0.25) is 0 Å². The fraction of sp³-hybridized carbons (Fsp3) is 0.421. The lowest BCUT2D eigenvalue weighted by molar-refractivity contribution is -0.153.